The molecule has 1 heterocycles. The van der Waals surface area contributed by atoms with Gasteiger partial charge in [-0.25, -0.2) is 0 Å². The van der Waals surface area contributed by atoms with Crippen molar-refractivity contribution in [2.24, 2.45) is 0 Å². The molecule has 2 rings (SSSR count). The summed E-state index contributed by atoms with van der Waals surface area (Å²) in [4.78, 5) is 13.2. The summed E-state index contributed by atoms with van der Waals surface area (Å²) >= 11 is 1.56. The third kappa shape index (κ3) is 2.41. The Labute approximate surface area is 110 Å². The molecule has 0 saturated carbocycles. The van der Waals surface area contributed by atoms with Gasteiger partial charge in [0.15, 0.2) is 0 Å². The summed E-state index contributed by atoms with van der Waals surface area (Å²) in [6.07, 6.45) is 1.96. The van der Waals surface area contributed by atoms with Crippen LogP contribution in [0.3, 0.4) is 0 Å². The summed E-state index contributed by atoms with van der Waals surface area (Å²) in [5.74, 6) is -0.104. The minimum absolute atomic E-state index is 0.104. The lowest BCUT2D eigenvalue weighted by molar-refractivity contribution is 0.102. The quantitative estimate of drug-likeness (QED) is 0.835. The fraction of sp³-hybridized carbons (Fsp3) is 0.231. The number of carbonyl (C=O) groups is 1. The van der Waals surface area contributed by atoms with Gasteiger partial charge in [0.25, 0.3) is 5.91 Å². The molecule has 0 radical (unpaired) electrons. The van der Waals surface area contributed by atoms with E-state index in [0.717, 1.165) is 22.0 Å². The number of thioether (sulfide) groups is 1. The first kappa shape index (κ1) is 12.7. The van der Waals surface area contributed by atoms with Crippen LogP contribution in [0.2, 0.25) is 0 Å². The third-order valence-electron chi connectivity index (χ3n) is 2.72. The van der Waals surface area contributed by atoms with E-state index in [1.165, 1.54) is 0 Å². The summed E-state index contributed by atoms with van der Waals surface area (Å²) in [6.45, 7) is 3.75. The number of anilines is 1. The minimum atomic E-state index is -0.104. The predicted octanol–water partition coefficient (Wildman–Crippen LogP) is 3.00. The van der Waals surface area contributed by atoms with Crippen LogP contribution in [0.25, 0.3) is 0 Å². The van der Waals surface area contributed by atoms with Crippen molar-refractivity contribution in [3.63, 3.8) is 0 Å². The van der Waals surface area contributed by atoms with Gasteiger partial charge in [0.2, 0.25) is 0 Å². The van der Waals surface area contributed by atoms with Crippen molar-refractivity contribution in [3.05, 3.63) is 41.2 Å². The van der Waals surface area contributed by atoms with E-state index in [-0.39, 0.29) is 5.91 Å². The summed E-state index contributed by atoms with van der Waals surface area (Å²) in [7, 11) is 0. The van der Waals surface area contributed by atoms with Crippen LogP contribution in [0.4, 0.5) is 5.69 Å². The zero-order valence-corrected chi connectivity index (χ0v) is 11.4. The van der Waals surface area contributed by atoms with Crippen LogP contribution >= 0.6 is 11.8 Å². The van der Waals surface area contributed by atoms with E-state index >= 15 is 0 Å². The fourth-order valence-corrected chi connectivity index (χ4v) is 2.34. The van der Waals surface area contributed by atoms with Crippen molar-refractivity contribution in [1.29, 1.82) is 0 Å². The number of H-pyrrole nitrogens is 1. The van der Waals surface area contributed by atoms with Gasteiger partial charge < -0.3 is 5.32 Å². The highest BCUT2D eigenvalue weighted by Crippen LogP contribution is 2.22. The molecule has 0 aliphatic carbocycles. The topological polar surface area (TPSA) is 57.8 Å². The van der Waals surface area contributed by atoms with Crippen LogP contribution in [-0.4, -0.2) is 22.4 Å². The van der Waals surface area contributed by atoms with Gasteiger partial charge in [0.05, 0.1) is 22.6 Å². The number of nitrogens with zero attached hydrogens (tertiary/aromatic N) is 1. The summed E-state index contributed by atoms with van der Waals surface area (Å²) < 4.78 is 0. The molecule has 0 fully saturated rings. The van der Waals surface area contributed by atoms with Gasteiger partial charge in [-0.3, -0.25) is 9.89 Å². The smallest absolute Gasteiger partial charge is 0.256 e. The van der Waals surface area contributed by atoms with Gasteiger partial charge in [-0.05, 0) is 32.2 Å². The lowest BCUT2D eigenvalue weighted by Crippen LogP contribution is -2.13. The Morgan fingerprint density at radius 2 is 2.06 bits per heavy atom. The van der Waals surface area contributed by atoms with Crippen molar-refractivity contribution < 1.29 is 4.79 Å². The summed E-state index contributed by atoms with van der Waals surface area (Å²) in [5.41, 5.74) is 3.10. The van der Waals surface area contributed by atoms with Crippen LogP contribution in [0, 0.1) is 13.8 Å². The maximum absolute atomic E-state index is 12.2. The molecule has 4 nitrogen and oxygen atoms in total. The lowest BCUT2D eigenvalue weighted by atomic mass is 10.2. The number of aryl methyl sites for hydroxylation is 2. The standard InChI is InChI=1S/C13H15N3OS/c1-8-12(9(2)16-15-8)14-13(17)10-6-4-5-7-11(10)18-3/h4-7H,1-3H3,(H,14,17)(H,15,16). The Morgan fingerprint density at radius 1 is 1.33 bits per heavy atom. The van der Waals surface area contributed by atoms with Crippen molar-refractivity contribution >= 4 is 23.4 Å². The molecule has 0 unspecified atom stereocenters. The molecule has 0 aliphatic heterocycles. The molecular formula is C13H15N3OS. The average Bonchev–Trinajstić information content (AvgIpc) is 2.70. The Morgan fingerprint density at radius 3 is 2.67 bits per heavy atom. The molecule has 0 aliphatic rings. The van der Waals surface area contributed by atoms with E-state index in [4.69, 9.17) is 0 Å². The average molecular weight is 261 g/mol. The molecule has 0 bridgehead atoms. The maximum Gasteiger partial charge on any atom is 0.256 e. The van der Waals surface area contributed by atoms with Gasteiger partial charge in [-0.15, -0.1) is 11.8 Å². The summed E-state index contributed by atoms with van der Waals surface area (Å²) in [5, 5.41) is 9.82. The number of benzene rings is 1. The van der Waals surface area contributed by atoms with Gasteiger partial charge in [-0.2, -0.15) is 5.10 Å². The number of aromatic nitrogens is 2. The molecule has 94 valence electrons. The number of hydrogen-bond acceptors (Lipinski definition) is 3. The van der Waals surface area contributed by atoms with Gasteiger partial charge >= 0.3 is 0 Å². The molecule has 0 spiro atoms. The van der Waals surface area contributed by atoms with Crippen LogP contribution in [0.15, 0.2) is 29.2 Å². The second-order valence-electron chi connectivity index (χ2n) is 3.96. The predicted molar refractivity (Wildman–Crippen MR) is 74.2 cm³/mol. The number of hydrogen-bond donors (Lipinski definition) is 2. The zero-order chi connectivity index (χ0) is 13.1. The normalized spacial score (nSPS) is 10.4. The Kier molecular flexibility index (Phi) is 3.72. The second kappa shape index (κ2) is 5.27. The second-order valence-corrected chi connectivity index (χ2v) is 4.81. The lowest BCUT2D eigenvalue weighted by Gasteiger charge is -2.08. The molecule has 1 amide bonds. The number of amides is 1. The zero-order valence-electron chi connectivity index (χ0n) is 10.6. The first-order chi connectivity index (χ1) is 8.63. The largest absolute Gasteiger partial charge is 0.319 e. The van der Waals surface area contributed by atoms with Gasteiger partial charge in [0, 0.05) is 4.90 Å². The highest BCUT2D eigenvalue weighted by atomic mass is 32.2. The molecule has 1 aromatic heterocycles. The van der Waals surface area contributed by atoms with Crippen molar-refractivity contribution in [3.8, 4) is 0 Å². The van der Waals surface area contributed by atoms with Crippen LogP contribution < -0.4 is 5.32 Å². The molecule has 0 atom stereocenters. The van der Waals surface area contributed by atoms with Crippen LogP contribution in [0.1, 0.15) is 21.7 Å². The van der Waals surface area contributed by atoms with Crippen molar-refractivity contribution in [2.75, 3.05) is 11.6 Å². The van der Waals surface area contributed by atoms with E-state index in [2.05, 4.69) is 15.5 Å². The van der Waals surface area contributed by atoms with Crippen LogP contribution in [0.5, 0.6) is 0 Å². The van der Waals surface area contributed by atoms with E-state index in [0.29, 0.717) is 5.56 Å². The number of nitrogens with one attached hydrogen (secondary N) is 2. The molecule has 5 heteroatoms. The maximum atomic E-state index is 12.2. The number of carbonyl (C=O) groups excluding carboxylic acids is 1. The van der Waals surface area contributed by atoms with Gasteiger partial charge in [-0.1, -0.05) is 12.1 Å². The highest BCUT2D eigenvalue weighted by Gasteiger charge is 2.14. The van der Waals surface area contributed by atoms with E-state index in [1.807, 2.05) is 44.4 Å². The first-order valence-corrected chi connectivity index (χ1v) is 6.82. The molecule has 2 aromatic rings. The van der Waals surface area contributed by atoms with Crippen molar-refractivity contribution in [1.82, 2.24) is 10.2 Å². The molecule has 2 N–H and O–H groups in total. The van der Waals surface area contributed by atoms with E-state index < -0.39 is 0 Å². The Bertz CT molecular complexity index is 558. The molecule has 0 saturated heterocycles. The number of rotatable bonds is 3. The molecule has 1 aromatic carbocycles. The van der Waals surface area contributed by atoms with Crippen molar-refractivity contribution in [2.45, 2.75) is 18.7 Å². The Balaban J connectivity index is 2.28. The first-order valence-electron chi connectivity index (χ1n) is 5.59. The summed E-state index contributed by atoms with van der Waals surface area (Å²) in [6, 6.07) is 7.56. The monoisotopic (exact) mass is 261 g/mol. The van der Waals surface area contributed by atoms with E-state index in [1.54, 1.807) is 11.8 Å². The molecule has 18 heavy (non-hydrogen) atoms. The highest BCUT2D eigenvalue weighted by molar-refractivity contribution is 7.98. The number of aromatic amines is 1. The van der Waals surface area contributed by atoms with Gasteiger partial charge in [0.1, 0.15) is 0 Å². The minimum Gasteiger partial charge on any atom is -0.319 e. The van der Waals surface area contributed by atoms with Crippen LogP contribution in [-0.2, 0) is 0 Å². The fourth-order valence-electron chi connectivity index (χ4n) is 1.75. The SMILES string of the molecule is CSc1ccccc1C(=O)Nc1c(C)n[nH]c1C. The Hall–Kier alpha value is -1.75. The molecular weight excluding hydrogens is 246 g/mol. The van der Waals surface area contributed by atoms with E-state index in [9.17, 15) is 4.79 Å². The third-order valence-corrected chi connectivity index (χ3v) is 3.51.